The van der Waals surface area contributed by atoms with Gasteiger partial charge < -0.3 is 16.0 Å². The first kappa shape index (κ1) is 35.6. The zero-order chi connectivity index (χ0) is 35.8. The van der Waals surface area contributed by atoms with Crippen LogP contribution in [0.15, 0.2) is 126 Å². The van der Waals surface area contributed by atoms with Gasteiger partial charge >= 0.3 is 0 Å². The molecule has 50 heavy (non-hydrogen) atoms. The maximum atomic E-state index is 14.4. The second-order valence-electron chi connectivity index (χ2n) is 11.4. The molecule has 0 saturated carbocycles. The van der Waals surface area contributed by atoms with Gasteiger partial charge in [-0.3, -0.25) is 14.4 Å². The molecule has 254 valence electrons. The molecule has 6 nitrogen and oxygen atoms in total. The summed E-state index contributed by atoms with van der Waals surface area (Å²) in [6, 6.07) is 30.8. The minimum Gasteiger partial charge on any atom is -0.321 e. The molecule has 0 aliphatic carbocycles. The van der Waals surface area contributed by atoms with Gasteiger partial charge in [0, 0.05) is 22.2 Å². The summed E-state index contributed by atoms with van der Waals surface area (Å²) in [4.78, 5) is 40.6. The Morgan fingerprint density at radius 1 is 0.680 bits per heavy atom. The topological polar surface area (TPSA) is 87.3 Å². The van der Waals surface area contributed by atoms with Gasteiger partial charge in [0.25, 0.3) is 11.8 Å². The quantitative estimate of drug-likeness (QED) is 0.0556. The Balaban J connectivity index is 1.40. The lowest BCUT2D eigenvalue weighted by Crippen LogP contribution is -2.30. The van der Waals surface area contributed by atoms with Crippen molar-refractivity contribution in [1.29, 1.82) is 0 Å². The number of hydrogen-bond donors (Lipinski definition) is 3. The minimum atomic E-state index is -1.74. The zero-order valence-corrected chi connectivity index (χ0v) is 27.7. The Labute approximate surface area is 290 Å². The van der Waals surface area contributed by atoms with Gasteiger partial charge in [0.05, 0.1) is 0 Å². The lowest BCUT2D eigenvalue weighted by Gasteiger charge is -2.18. The molecule has 0 aliphatic rings. The summed E-state index contributed by atoms with van der Waals surface area (Å²) in [5.41, 5.74) is 1.61. The summed E-state index contributed by atoms with van der Waals surface area (Å²) in [7, 11) is 0. The van der Waals surface area contributed by atoms with Gasteiger partial charge in [0.2, 0.25) is 5.91 Å². The summed E-state index contributed by atoms with van der Waals surface area (Å²) in [6.45, 7) is 4.13. The van der Waals surface area contributed by atoms with Gasteiger partial charge in [-0.1, -0.05) is 92.7 Å². The van der Waals surface area contributed by atoms with Crippen LogP contribution < -0.4 is 16.0 Å². The average Bonchev–Trinajstić information content (AvgIpc) is 3.12. The van der Waals surface area contributed by atoms with Crippen LogP contribution in [0.1, 0.15) is 52.1 Å². The third-order valence-corrected chi connectivity index (χ3v) is 8.74. The molecular formula is C39H31F4N3O3S. The highest BCUT2D eigenvalue weighted by atomic mass is 32.2. The molecular weight excluding hydrogens is 667 g/mol. The van der Waals surface area contributed by atoms with Crippen LogP contribution in [0.25, 0.3) is 6.08 Å². The Hall–Kier alpha value is -5.68. The largest absolute Gasteiger partial charge is 0.321 e. The van der Waals surface area contributed by atoms with E-state index in [9.17, 15) is 31.9 Å². The van der Waals surface area contributed by atoms with Crippen LogP contribution in [-0.2, 0) is 9.59 Å². The standard InChI is InChI=1S/C39H31F4N3O3S/c1-23(2)25-18-16-24(17-19-25)20-32(45-37(47)27-12-7-4-8-13-27)38(48)44-28-14-9-15-29(21-28)50-36(26-10-5-3-6-11-26)39(49)46-35-33(42)30(40)22-31(41)34(35)43/h3-23,36H,1-2H3,(H,44,48)(H,45,47)(H,46,49)/b32-20+. The number of carbonyl (C=O) groups excluding carboxylic acids is 3. The average molecular weight is 698 g/mol. The van der Waals surface area contributed by atoms with E-state index < -0.39 is 51.9 Å². The van der Waals surface area contributed by atoms with E-state index in [4.69, 9.17) is 0 Å². The fourth-order valence-electron chi connectivity index (χ4n) is 4.84. The van der Waals surface area contributed by atoms with Crippen molar-refractivity contribution in [3.8, 4) is 0 Å². The van der Waals surface area contributed by atoms with Crippen LogP contribution in [-0.4, -0.2) is 17.7 Å². The first-order chi connectivity index (χ1) is 24.0. The predicted molar refractivity (Wildman–Crippen MR) is 187 cm³/mol. The minimum absolute atomic E-state index is 0.0258. The van der Waals surface area contributed by atoms with Gasteiger partial charge in [-0.2, -0.15) is 0 Å². The maximum absolute atomic E-state index is 14.4. The molecule has 3 N–H and O–H groups in total. The number of benzene rings is 5. The molecule has 1 unspecified atom stereocenters. The third kappa shape index (κ3) is 8.86. The molecule has 11 heteroatoms. The van der Waals surface area contributed by atoms with Crippen molar-refractivity contribution in [2.24, 2.45) is 0 Å². The van der Waals surface area contributed by atoms with Gasteiger partial charge in [0.15, 0.2) is 23.3 Å². The van der Waals surface area contributed by atoms with Gasteiger partial charge in [-0.15, -0.1) is 11.8 Å². The van der Waals surface area contributed by atoms with Crippen molar-refractivity contribution in [2.45, 2.75) is 29.9 Å². The van der Waals surface area contributed by atoms with E-state index >= 15 is 0 Å². The van der Waals surface area contributed by atoms with E-state index in [1.807, 2.05) is 29.6 Å². The van der Waals surface area contributed by atoms with Gasteiger partial charge in [-0.25, -0.2) is 17.6 Å². The summed E-state index contributed by atoms with van der Waals surface area (Å²) in [5, 5.41) is 6.34. The number of nitrogens with one attached hydrogen (secondary N) is 3. The van der Waals surface area contributed by atoms with E-state index in [0.29, 0.717) is 33.2 Å². The maximum Gasteiger partial charge on any atom is 0.272 e. The lowest BCUT2D eigenvalue weighted by molar-refractivity contribution is -0.116. The number of thioether (sulfide) groups is 1. The molecule has 0 radical (unpaired) electrons. The number of halogens is 4. The smallest absolute Gasteiger partial charge is 0.272 e. The number of hydrogen-bond acceptors (Lipinski definition) is 4. The highest BCUT2D eigenvalue weighted by Gasteiger charge is 2.27. The molecule has 0 heterocycles. The van der Waals surface area contributed by atoms with Crippen LogP contribution in [0, 0.1) is 23.3 Å². The van der Waals surface area contributed by atoms with Crippen LogP contribution in [0.3, 0.4) is 0 Å². The molecule has 0 aliphatic heterocycles. The van der Waals surface area contributed by atoms with Crippen LogP contribution in [0.4, 0.5) is 28.9 Å². The lowest BCUT2D eigenvalue weighted by atomic mass is 10.0. The SMILES string of the molecule is CC(C)c1ccc(/C=C(/NC(=O)c2ccccc2)C(=O)Nc2cccc(SC(C(=O)Nc3c(F)c(F)cc(F)c3F)c3ccccc3)c2)cc1. The fraction of sp³-hybridized carbons (Fsp3) is 0.103. The van der Waals surface area contributed by atoms with E-state index in [1.54, 1.807) is 91.0 Å². The van der Waals surface area contributed by atoms with E-state index in [-0.39, 0.29) is 11.8 Å². The highest BCUT2D eigenvalue weighted by Crippen LogP contribution is 2.38. The van der Waals surface area contributed by atoms with Crippen molar-refractivity contribution in [3.05, 3.63) is 166 Å². The molecule has 5 aromatic rings. The highest BCUT2D eigenvalue weighted by molar-refractivity contribution is 8.00. The Morgan fingerprint density at radius 3 is 1.92 bits per heavy atom. The summed E-state index contributed by atoms with van der Waals surface area (Å²) in [5.74, 6) is -8.55. The van der Waals surface area contributed by atoms with Crippen LogP contribution in [0.2, 0.25) is 0 Å². The monoisotopic (exact) mass is 697 g/mol. The predicted octanol–water partition coefficient (Wildman–Crippen LogP) is 9.25. The molecule has 0 saturated heterocycles. The first-order valence-electron chi connectivity index (χ1n) is 15.4. The molecule has 1 atom stereocenters. The number of carbonyl (C=O) groups is 3. The summed E-state index contributed by atoms with van der Waals surface area (Å²) >= 11 is 0.973. The van der Waals surface area contributed by atoms with E-state index in [1.165, 1.54) is 0 Å². The fourth-order valence-corrected chi connectivity index (χ4v) is 5.92. The number of amides is 3. The third-order valence-electron chi connectivity index (χ3n) is 7.49. The number of anilines is 2. The molecule has 5 aromatic carbocycles. The molecule has 3 amide bonds. The Kier molecular flexibility index (Phi) is 11.5. The van der Waals surface area contributed by atoms with Gasteiger partial charge in [0.1, 0.15) is 16.6 Å². The van der Waals surface area contributed by atoms with Crippen molar-refractivity contribution in [3.63, 3.8) is 0 Å². The van der Waals surface area contributed by atoms with Crippen LogP contribution >= 0.6 is 11.8 Å². The van der Waals surface area contributed by atoms with E-state index in [0.717, 1.165) is 17.3 Å². The summed E-state index contributed by atoms with van der Waals surface area (Å²) in [6.07, 6.45) is 1.56. The number of rotatable bonds is 11. The van der Waals surface area contributed by atoms with Gasteiger partial charge in [-0.05, 0) is 59.0 Å². The van der Waals surface area contributed by atoms with Crippen molar-refractivity contribution < 1.29 is 31.9 Å². The molecule has 0 spiro atoms. The van der Waals surface area contributed by atoms with Crippen molar-refractivity contribution in [1.82, 2.24) is 5.32 Å². The molecule has 0 aromatic heterocycles. The Bertz CT molecular complexity index is 2010. The molecule has 0 fully saturated rings. The normalized spacial score (nSPS) is 11.9. The first-order valence-corrected chi connectivity index (χ1v) is 16.3. The molecule has 0 bridgehead atoms. The van der Waals surface area contributed by atoms with Crippen LogP contribution in [0.5, 0.6) is 0 Å². The molecule has 5 rings (SSSR count). The van der Waals surface area contributed by atoms with Crippen molar-refractivity contribution in [2.75, 3.05) is 10.6 Å². The van der Waals surface area contributed by atoms with E-state index in [2.05, 4.69) is 24.5 Å². The second-order valence-corrected chi connectivity index (χ2v) is 12.6. The zero-order valence-electron chi connectivity index (χ0n) is 26.8. The van der Waals surface area contributed by atoms with Crippen molar-refractivity contribution >= 4 is 46.9 Å². The Morgan fingerprint density at radius 2 is 1.30 bits per heavy atom. The summed E-state index contributed by atoms with van der Waals surface area (Å²) < 4.78 is 56.6. The second kappa shape index (κ2) is 16.1.